The maximum absolute atomic E-state index is 12.2. The van der Waals surface area contributed by atoms with Crippen LogP contribution in [0, 0.1) is 0 Å². The fourth-order valence-electron chi connectivity index (χ4n) is 1.91. The first-order valence-corrected chi connectivity index (χ1v) is 9.56. The predicted molar refractivity (Wildman–Crippen MR) is 95.5 cm³/mol. The Bertz CT molecular complexity index is 1010. The van der Waals surface area contributed by atoms with Gasteiger partial charge in [-0.05, 0) is 36.4 Å². The summed E-state index contributed by atoms with van der Waals surface area (Å²) < 4.78 is 28.8. The maximum atomic E-state index is 12.2. The monoisotopic (exact) mass is 397 g/mol. The zero-order chi connectivity index (χ0) is 18.0. The number of hydrogen-bond acceptors (Lipinski definition) is 6. The van der Waals surface area contributed by atoms with Crippen LogP contribution in [0.1, 0.15) is 10.4 Å². The summed E-state index contributed by atoms with van der Waals surface area (Å²) in [6, 6.07) is 8.92. The molecule has 0 unspecified atom stereocenters. The molecule has 0 atom stereocenters. The van der Waals surface area contributed by atoms with E-state index < -0.39 is 15.9 Å². The highest BCUT2D eigenvalue weighted by atomic mass is 35.5. The Labute approximate surface area is 152 Å². The molecule has 0 spiro atoms. The third-order valence-electron chi connectivity index (χ3n) is 3.04. The molecule has 3 rings (SSSR count). The topological polar surface area (TPSA) is 106 Å². The van der Waals surface area contributed by atoms with Gasteiger partial charge >= 0.3 is 0 Å². The largest absolute Gasteiger partial charge is 0.289 e. The second-order valence-electron chi connectivity index (χ2n) is 4.94. The number of halogens is 1. The summed E-state index contributed by atoms with van der Waals surface area (Å²) in [4.78, 5) is 16.0. The normalized spacial score (nSPS) is 11.3. The van der Waals surface area contributed by atoms with Gasteiger partial charge in [-0.15, -0.1) is 16.4 Å². The minimum absolute atomic E-state index is 0.112. The van der Waals surface area contributed by atoms with E-state index in [1.807, 2.05) is 0 Å². The lowest BCUT2D eigenvalue weighted by molar-refractivity contribution is 0.102. The first kappa shape index (κ1) is 17.4. The number of amides is 1. The van der Waals surface area contributed by atoms with E-state index in [0.717, 1.165) is 11.3 Å². The molecule has 0 saturated carbocycles. The molecule has 0 bridgehead atoms. The zero-order valence-corrected chi connectivity index (χ0v) is 15.2. The van der Waals surface area contributed by atoms with Gasteiger partial charge in [0.2, 0.25) is 5.95 Å². The van der Waals surface area contributed by atoms with Crippen molar-refractivity contribution in [2.45, 2.75) is 4.21 Å². The number of anilines is 2. The van der Waals surface area contributed by atoms with E-state index in [-0.39, 0.29) is 10.2 Å². The molecule has 0 aliphatic rings. The van der Waals surface area contributed by atoms with Crippen molar-refractivity contribution in [2.75, 3.05) is 10.0 Å². The zero-order valence-electron chi connectivity index (χ0n) is 12.8. The molecular weight excluding hydrogens is 386 g/mol. The van der Waals surface area contributed by atoms with E-state index in [0.29, 0.717) is 15.6 Å². The van der Waals surface area contributed by atoms with Crippen LogP contribution in [-0.4, -0.2) is 29.1 Å². The van der Waals surface area contributed by atoms with Crippen LogP contribution in [0.15, 0.2) is 46.9 Å². The van der Waals surface area contributed by atoms with E-state index in [9.17, 15) is 13.2 Å². The van der Waals surface area contributed by atoms with Crippen molar-refractivity contribution in [1.29, 1.82) is 0 Å². The van der Waals surface area contributed by atoms with Crippen molar-refractivity contribution >= 4 is 50.5 Å². The number of nitrogens with one attached hydrogen (secondary N) is 2. The first-order valence-electron chi connectivity index (χ1n) is 6.89. The molecule has 0 fully saturated rings. The molecule has 0 aliphatic carbocycles. The predicted octanol–water partition coefficient (Wildman–Crippen LogP) is 2.58. The van der Waals surface area contributed by atoms with Gasteiger partial charge in [-0.1, -0.05) is 11.6 Å². The molecule has 130 valence electrons. The quantitative estimate of drug-likeness (QED) is 0.688. The molecule has 2 N–H and O–H groups in total. The van der Waals surface area contributed by atoms with Crippen LogP contribution in [-0.2, 0) is 17.1 Å². The van der Waals surface area contributed by atoms with Crippen LogP contribution < -0.4 is 10.0 Å². The molecule has 25 heavy (non-hydrogen) atoms. The number of sulfonamides is 1. The minimum Gasteiger partial charge on any atom is -0.289 e. The summed E-state index contributed by atoms with van der Waals surface area (Å²) in [6.07, 6.45) is 1.46. The Morgan fingerprint density at radius 2 is 1.92 bits per heavy atom. The summed E-state index contributed by atoms with van der Waals surface area (Å²) >= 11 is 6.72. The molecule has 11 heteroatoms. The first-order chi connectivity index (χ1) is 11.8. The van der Waals surface area contributed by atoms with Crippen LogP contribution in [0.5, 0.6) is 0 Å². The Hall–Kier alpha value is -2.43. The Morgan fingerprint density at radius 1 is 1.20 bits per heavy atom. The number of benzene rings is 1. The summed E-state index contributed by atoms with van der Waals surface area (Å²) in [6.45, 7) is 0. The minimum atomic E-state index is -3.71. The van der Waals surface area contributed by atoms with Crippen molar-refractivity contribution in [3.8, 4) is 0 Å². The molecular formula is C14H12ClN5O3S2. The molecule has 3 aromatic rings. The number of nitrogens with zero attached hydrogens (tertiary/aromatic N) is 3. The lowest BCUT2D eigenvalue weighted by atomic mass is 10.2. The maximum Gasteiger partial charge on any atom is 0.271 e. The number of carbonyl (C=O) groups is 1. The SMILES string of the molecule is Cn1cnc(NC(=O)c2ccc(NS(=O)(=O)c3ccc(Cl)s3)cc2)n1. The third kappa shape index (κ3) is 4.16. The van der Waals surface area contributed by atoms with Crippen molar-refractivity contribution in [3.63, 3.8) is 0 Å². The van der Waals surface area contributed by atoms with Crippen LogP contribution in [0.3, 0.4) is 0 Å². The number of hydrogen-bond donors (Lipinski definition) is 2. The Morgan fingerprint density at radius 3 is 2.48 bits per heavy atom. The average molecular weight is 398 g/mol. The summed E-state index contributed by atoms with van der Waals surface area (Å²) in [5, 5.41) is 6.49. The van der Waals surface area contributed by atoms with E-state index >= 15 is 0 Å². The number of carbonyl (C=O) groups excluding carboxylic acids is 1. The summed E-state index contributed by atoms with van der Waals surface area (Å²) in [5.41, 5.74) is 0.673. The van der Waals surface area contributed by atoms with Crippen LogP contribution in [0.25, 0.3) is 0 Å². The van der Waals surface area contributed by atoms with Crippen LogP contribution in [0.4, 0.5) is 11.6 Å². The molecule has 1 amide bonds. The summed E-state index contributed by atoms with van der Waals surface area (Å²) in [7, 11) is -2.03. The number of thiophene rings is 1. The van der Waals surface area contributed by atoms with E-state index in [2.05, 4.69) is 20.1 Å². The highest BCUT2D eigenvalue weighted by Crippen LogP contribution is 2.27. The fraction of sp³-hybridized carbons (Fsp3) is 0.0714. The van der Waals surface area contributed by atoms with Gasteiger partial charge < -0.3 is 0 Å². The average Bonchev–Trinajstić information content (AvgIpc) is 3.16. The highest BCUT2D eigenvalue weighted by Gasteiger charge is 2.17. The van der Waals surface area contributed by atoms with Crippen LogP contribution in [0.2, 0.25) is 4.34 Å². The molecule has 0 aliphatic heterocycles. The van der Waals surface area contributed by atoms with Gasteiger partial charge in [0.15, 0.2) is 0 Å². The fourth-order valence-corrected chi connectivity index (χ4v) is 4.45. The second kappa shape index (κ2) is 6.82. The van der Waals surface area contributed by atoms with Crippen LogP contribution >= 0.6 is 22.9 Å². The molecule has 1 aromatic carbocycles. The highest BCUT2D eigenvalue weighted by molar-refractivity contribution is 7.94. The van der Waals surface area contributed by atoms with E-state index in [1.165, 1.54) is 47.4 Å². The molecule has 8 nitrogen and oxygen atoms in total. The van der Waals surface area contributed by atoms with Crippen molar-refractivity contribution < 1.29 is 13.2 Å². The third-order valence-corrected chi connectivity index (χ3v) is 6.14. The molecule has 2 aromatic heterocycles. The Kier molecular flexibility index (Phi) is 4.75. The molecule has 2 heterocycles. The van der Waals surface area contributed by atoms with Crippen molar-refractivity contribution in [1.82, 2.24) is 14.8 Å². The van der Waals surface area contributed by atoms with Gasteiger partial charge in [0.1, 0.15) is 10.5 Å². The number of aromatic nitrogens is 3. The van der Waals surface area contributed by atoms with Gasteiger partial charge in [0.05, 0.1) is 4.34 Å². The molecule has 0 radical (unpaired) electrons. The van der Waals surface area contributed by atoms with Gasteiger partial charge in [0.25, 0.3) is 15.9 Å². The van der Waals surface area contributed by atoms with Gasteiger partial charge in [-0.2, -0.15) is 0 Å². The number of aryl methyl sites for hydroxylation is 1. The van der Waals surface area contributed by atoms with Gasteiger partial charge in [-0.3, -0.25) is 19.5 Å². The molecule has 0 saturated heterocycles. The smallest absolute Gasteiger partial charge is 0.271 e. The van der Waals surface area contributed by atoms with Crippen molar-refractivity contribution in [2.24, 2.45) is 7.05 Å². The lowest BCUT2D eigenvalue weighted by Gasteiger charge is -2.07. The standard InChI is InChI=1S/C14H12ClN5O3S2/c1-20-8-16-14(18-20)17-13(21)9-2-4-10(5-3-9)19-25(22,23)12-7-6-11(15)24-12/h2-8,19H,1H3,(H,17,18,21). The van der Waals surface area contributed by atoms with E-state index in [1.54, 1.807) is 7.05 Å². The Balaban J connectivity index is 1.70. The second-order valence-corrected chi connectivity index (χ2v) is 8.56. The van der Waals surface area contributed by atoms with E-state index in [4.69, 9.17) is 11.6 Å². The lowest BCUT2D eigenvalue weighted by Crippen LogP contribution is -2.14. The van der Waals surface area contributed by atoms with Gasteiger partial charge in [-0.25, -0.2) is 13.4 Å². The summed E-state index contributed by atoms with van der Waals surface area (Å²) in [5.74, 6) is -0.211. The van der Waals surface area contributed by atoms with Crippen molar-refractivity contribution in [3.05, 3.63) is 52.6 Å². The number of rotatable bonds is 5. The van der Waals surface area contributed by atoms with Gasteiger partial charge in [0, 0.05) is 18.3 Å².